The Morgan fingerprint density at radius 2 is 1.79 bits per heavy atom. The Morgan fingerprint density at radius 3 is 2.07 bits per heavy atom. The van der Waals surface area contributed by atoms with Crippen molar-refractivity contribution in [1.29, 1.82) is 0 Å². The van der Waals surface area contributed by atoms with E-state index < -0.39 is 0 Å². The number of benzene rings is 1. The molecule has 0 heterocycles. The monoisotopic (exact) mass is 192 g/mol. The minimum atomic E-state index is 0.729. The molecular formula is C12H16O2. The van der Waals surface area contributed by atoms with Crippen LogP contribution in [0.1, 0.15) is 36.5 Å². The topological polar surface area (TPSA) is 34.1 Å². The second-order valence-electron chi connectivity index (χ2n) is 2.84. The molecule has 0 amide bonds. The van der Waals surface area contributed by atoms with Crippen LogP contribution in [0.15, 0.2) is 30.3 Å². The lowest BCUT2D eigenvalue weighted by Gasteiger charge is -1.81. The van der Waals surface area contributed by atoms with Crippen molar-refractivity contribution in [3.8, 4) is 0 Å². The maximum Gasteiger partial charge on any atom is 0.150 e. The van der Waals surface area contributed by atoms with E-state index in [2.05, 4.69) is 6.92 Å². The Hall–Kier alpha value is -1.44. The molecule has 1 rings (SSSR count). The standard InChI is InChI=1S/C7H6O.C5H10O/c8-6-7-4-2-1-3-5-7;1-2-3-4-5-6/h1-6H;5H,2-4H2,1H3. The first-order valence-electron chi connectivity index (χ1n) is 4.79. The van der Waals surface area contributed by atoms with Gasteiger partial charge in [0.2, 0.25) is 0 Å². The zero-order valence-corrected chi connectivity index (χ0v) is 8.48. The molecule has 0 aliphatic carbocycles. The minimum Gasteiger partial charge on any atom is -0.303 e. The Bertz CT molecular complexity index is 242. The van der Waals surface area contributed by atoms with E-state index in [9.17, 15) is 9.59 Å². The first-order valence-corrected chi connectivity index (χ1v) is 4.79. The summed E-state index contributed by atoms with van der Waals surface area (Å²) in [6.45, 7) is 2.07. The fraction of sp³-hybridized carbons (Fsp3) is 0.333. The van der Waals surface area contributed by atoms with Crippen molar-refractivity contribution in [2.75, 3.05) is 0 Å². The van der Waals surface area contributed by atoms with Crippen molar-refractivity contribution in [3.63, 3.8) is 0 Å². The average molecular weight is 192 g/mol. The fourth-order valence-electron chi connectivity index (χ4n) is 0.819. The van der Waals surface area contributed by atoms with Gasteiger partial charge in [0, 0.05) is 12.0 Å². The van der Waals surface area contributed by atoms with Crippen molar-refractivity contribution in [1.82, 2.24) is 0 Å². The Morgan fingerprint density at radius 1 is 1.14 bits per heavy atom. The highest BCUT2D eigenvalue weighted by molar-refractivity contribution is 5.74. The molecule has 14 heavy (non-hydrogen) atoms. The van der Waals surface area contributed by atoms with Crippen molar-refractivity contribution >= 4 is 12.6 Å². The quantitative estimate of drug-likeness (QED) is 0.543. The van der Waals surface area contributed by atoms with E-state index in [1.807, 2.05) is 18.2 Å². The molecule has 0 bridgehead atoms. The normalized spacial score (nSPS) is 8.36. The number of unbranched alkanes of at least 4 members (excludes halogenated alkanes) is 2. The van der Waals surface area contributed by atoms with Crippen LogP contribution < -0.4 is 0 Å². The molecular weight excluding hydrogens is 176 g/mol. The molecule has 0 radical (unpaired) electrons. The van der Waals surface area contributed by atoms with Crippen LogP contribution in [0.4, 0.5) is 0 Å². The summed E-state index contributed by atoms with van der Waals surface area (Å²) in [5.74, 6) is 0. The van der Waals surface area contributed by atoms with Gasteiger partial charge in [-0.2, -0.15) is 0 Å². The molecule has 0 unspecified atom stereocenters. The van der Waals surface area contributed by atoms with Crippen LogP contribution in [0.5, 0.6) is 0 Å². The lowest BCUT2D eigenvalue weighted by atomic mass is 10.2. The van der Waals surface area contributed by atoms with Gasteiger partial charge >= 0.3 is 0 Å². The zero-order valence-electron chi connectivity index (χ0n) is 8.48. The van der Waals surface area contributed by atoms with Gasteiger partial charge in [-0.3, -0.25) is 4.79 Å². The number of hydrogen-bond acceptors (Lipinski definition) is 2. The van der Waals surface area contributed by atoms with Gasteiger partial charge in [-0.15, -0.1) is 0 Å². The molecule has 0 aromatic heterocycles. The van der Waals surface area contributed by atoms with Crippen molar-refractivity contribution in [3.05, 3.63) is 35.9 Å². The summed E-state index contributed by atoms with van der Waals surface area (Å²) in [4.78, 5) is 19.6. The van der Waals surface area contributed by atoms with Crippen molar-refractivity contribution < 1.29 is 9.59 Å². The van der Waals surface area contributed by atoms with Gasteiger partial charge in [0.05, 0.1) is 0 Å². The summed E-state index contributed by atoms with van der Waals surface area (Å²) >= 11 is 0. The molecule has 0 spiro atoms. The van der Waals surface area contributed by atoms with Gasteiger partial charge in [-0.1, -0.05) is 43.7 Å². The third-order valence-electron chi connectivity index (χ3n) is 1.61. The van der Waals surface area contributed by atoms with Crippen LogP contribution in [0, 0.1) is 0 Å². The van der Waals surface area contributed by atoms with E-state index in [4.69, 9.17) is 0 Å². The van der Waals surface area contributed by atoms with Crippen LogP contribution in [0.25, 0.3) is 0 Å². The summed E-state index contributed by atoms with van der Waals surface area (Å²) in [6.07, 6.45) is 4.70. The molecule has 2 heteroatoms. The molecule has 0 fully saturated rings. The van der Waals surface area contributed by atoms with E-state index in [-0.39, 0.29) is 0 Å². The number of carbonyl (C=O) groups excluding carboxylic acids is 2. The van der Waals surface area contributed by atoms with Crippen LogP contribution in [-0.2, 0) is 4.79 Å². The molecule has 1 aromatic carbocycles. The van der Waals surface area contributed by atoms with Gasteiger partial charge in [0.25, 0.3) is 0 Å². The van der Waals surface area contributed by atoms with Gasteiger partial charge in [0.1, 0.15) is 12.6 Å². The smallest absolute Gasteiger partial charge is 0.150 e. The summed E-state index contributed by atoms with van der Waals surface area (Å²) < 4.78 is 0. The average Bonchev–Trinajstić information content (AvgIpc) is 2.28. The SMILES string of the molecule is CCCCC=O.O=Cc1ccccc1. The Kier molecular flexibility index (Phi) is 8.65. The molecule has 0 aliphatic rings. The number of rotatable bonds is 4. The third kappa shape index (κ3) is 7.22. The highest BCUT2D eigenvalue weighted by atomic mass is 16.1. The molecule has 0 aliphatic heterocycles. The predicted molar refractivity (Wildman–Crippen MR) is 57.4 cm³/mol. The largest absolute Gasteiger partial charge is 0.303 e. The molecule has 0 atom stereocenters. The summed E-state index contributed by atoms with van der Waals surface area (Å²) in [6, 6.07) is 9.10. The van der Waals surface area contributed by atoms with Gasteiger partial charge < -0.3 is 4.79 Å². The van der Waals surface area contributed by atoms with Crippen LogP contribution >= 0.6 is 0 Å². The lowest BCUT2D eigenvalue weighted by molar-refractivity contribution is -0.107. The minimum absolute atomic E-state index is 0.729. The second kappa shape index (κ2) is 9.65. The maximum absolute atomic E-state index is 10.0. The number of aldehydes is 2. The van der Waals surface area contributed by atoms with Crippen LogP contribution in [0.2, 0.25) is 0 Å². The number of carbonyl (C=O) groups is 2. The Labute approximate surface area is 84.9 Å². The Balaban J connectivity index is 0.000000255. The van der Waals surface area contributed by atoms with Crippen molar-refractivity contribution in [2.24, 2.45) is 0 Å². The van der Waals surface area contributed by atoms with Crippen LogP contribution in [-0.4, -0.2) is 12.6 Å². The molecule has 1 aromatic rings. The molecule has 2 nitrogen and oxygen atoms in total. The molecule has 0 N–H and O–H groups in total. The lowest BCUT2D eigenvalue weighted by Crippen LogP contribution is -1.73. The second-order valence-corrected chi connectivity index (χ2v) is 2.84. The summed E-state index contributed by atoms with van der Waals surface area (Å²) in [7, 11) is 0. The van der Waals surface area contributed by atoms with Crippen molar-refractivity contribution in [2.45, 2.75) is 26.2 Å². The highest BCUT2D eigenvalue weighted by Crippen LogP contribution is 1.91. The first-order chi connectivity index (χ1) is 6.85. The summed E-state index contributed by atoms with van der Waals surface area (Å²) in [5, 5.41) is 0. The summed E-state index contributed by atoms with van der Waals surface area (Å²) in [5.41, 5.74) is 0.729. The van der Waals surface area contributed by atoms with E-state index in [1.165, 1.54) is 0 Å². The van der Waals surface area contributed by atoms with Gasteiger partial charge in [-0.25, -0.2) is 0 Å². The predicted octanol–water partition coefficient (Wildman–Crippen LogP) is 2.87. The van der Waals surface area contributed by atoms with E-state index >= 15 is 0 Å². The highest BCUT2D eigenvalue weighted by Gasteiger charge is 1.80. The maximum atomic E-state index is 10.0. The van der Waals surface area contributed by atoms with E-state index in [0.717, 1.165) is 37.4 Å². The van der Waals surface area contributed by atoms with Crippen LogP contribution in [0.3, 0.4) is 0 Å². The zero-order chi connectivity index (χ0) is 10.6. The molecule has 0 saturated carbocycles. The van der Waals surface area contributed by atoms with Gasteiger partial charge in [-0.05, 0) is 6.42 Å². The first kappa shape index (κ1) is 12.6. The van der Waals surface area contributed by atoms with Gasteiger partial charge in [0.15, 0.2) is 0 Å². The molecule has 76 valence electrons. The fourth-order valence-corrected chi connectivity index (χ4v) is 0.819. The third-order valence-corrected chi connectivity index (χ3v) is 1.61. The molecule has 0 saturated heterocycles. The number of hydrogen-bond donors (Lipinski definition) is 0. The van der Waals surface area contributed by atoms with E-state index in [1.54, 1.807) is 12.1 Å². The van der Waals surface area contributed by atoms with E-state index in [0.29, 0.717) is 0 Å².